The topological polar surface area (TPSA) is 22.1 Å². The molecule has 2 rings (SSSR count). The number of aromatic nitrogens is 1. The van der Waals surface area contributed by atoms with E-state index in [2.05, 4.69) is 4.98 Å². The molecule has 0 radical (unpaired) electrons. The molecule has 1 aromatic heterocycles. The number of allylic oxidation sites excluding steroid dienone is 3. The molecule has 0 amide bonds. The summed E-state index contributed by atoms with van der Waals surface area (Å²) in [6.07, 6.45) is 9.38. The molecule has 2 nitrogen and oxygen atoms in total. The summed E-state index contributed by atoms with van der Waals surface area (Å²) in [6, 6.07) is 3.84. The van der Waals surface area contributed by atoms with Crippen molar-refractivity contribution in [1.82, 2.24) is 4.98 Å². The van der Waals surface area contributed by atoms with Gasteiger partial charge in [0.15, 0.2) is 0 Å². The highest BCUT2D eigenvalue weighted by Gasteiger charge is 2.35. The molecule has 0 aromatic carbocycles. The Labute approximate surface area is 101 Å². The molecule has 0 N–H and O–H groups in total. The maximum Gasteiger partial charge on any atom is 0.144 e. The lowest BCUT2D eigenvalue weighted by Crippen LogP contribution is -2.32. The second kappa shape index (κ2) is 4.30. The fraction of sp³-hybridized carbons (Fsp3) is 0.308. The number of hydrogen-bond acceptors (Lipinski definition) is 2. The van der Waals surface area contributed by atoms with Crippen molar-refractivity contribution in [1.29, 1.82) is 0 Å². The van der Waals surface area contributed by atoms with Crippen molar-refractivity contribution in [2.75, 3.05) is 0 Å². The Morgan fingerprint density at radius 2 is 2.31 bits per heavy atom. The van der Waals surface area contributed by atoms with Gasteiger partial charge in [-0.25, -0.2) is 0 Å². The van der Waals surface area contributed by atoms with Gasteiger partial charge in [-0.2, -0.15) is 0 Å². The molecule has 1 aromatic rings. The Morgan fingerprint density at radius 1 is 1.50 bits per heavy atom. The van der Waals surface area contributed by atoms with Crippen molar-refractivity contribution >= 4 is 11.6 Å². The first kappa shape index (κ1) is 11.2. The molecular formula is C13H14ClNO. The molecule has 84 valence electrons. The molecule has 1 aliphatic heterocycles. The van der Waals surface area contributed by atoms with E-state index in [1.54, 1.807) is 12.4 Å². The zero-order valence-electron chi connectivity index (χ0n) is 9.35. The van der Waals surface area contributed by atoms with Gasteiger partial charge in [0.1, 0.15) is 11.0 Å². The van der Waals surface area contributed by atoms with Crippen LogP contribution in [0, 0.1) is 0 Å². The number of ether oxygens (including phenoxy) is 1. The molecule has 0 aliphatic carbocycles. The van der Waals surface area contributed by atoms with E-state index in [1.807, 2.05) is 44.2 Å². The minimum Gasteiger partial charge on any atom is -0.486 e. The molecule has 0 fully saturated rings. The zero-order valence-corrected chi connectivity index (χ0v) is 10.1. The van der Waals surface area contributed by atoms with E-state index < -0.39 is 5.60 Å². The van der Waals surface area contributed by atoms with Gasteiger partial charge in [0.25, 0.3) is 0 Å². The summed E-state index contributed by atoms with van der Waals surface area (Å²) in [5.41, 5.74) is 0.453. The Morgan fingerprint density at radius 3 is 2.94 bits per heavy atom. The summed E-state index contributed by atoms with van der Waals surface area (Å²) < 4.78 is 5.80. The quantitative estimate of drug-likeness (QED) is 0.731. The number of rotatable bonds is 2. The van der Waals surface area contributed by atoms with E-state index in [0.29, 0.717) is 0 Å². The largest absolute Gasteiger partial charge is 0.486 e. The van der Waals surface area contributed by atoms with Gasteiger partial charge in [0.2, 0.25) is 0 Å². The maximum atomic E-state index is 6.45. The minimum absolute atomic E-state index is 0.249. The lowest BCUT2D eigenvalue weighted by atomic mass is 9.94. The lowest BCUT2D eigenvalue weighted by molar-refractivity contribution is 0.0548. The van der Waals surface area contributed by atoms with E-state index in [1.165, 1.54) is 0 Å². The Bertz CT molecular complexity index is 427. The third kappa shape index (κ3) is 2.12. The number of hydrogen-bond donors (Lipinski definition) is 0. The van der Waals surface area contributed by atoms with E-state index in [9.17, 15) is 0 Å². The van der Waals surface area contributed by atoms with Gasteiger partial charge >= 0.3 is 0 Å². The zero-order chi connectivity index (χ0) is 11.6. The van der Waals surface area contributed by atoms with Crippen LogP contribution in [0.5, 0.6) is 0 Å². The highest BCUT2D eigenvalue weighted by molar-refractivity contribution is 6.21. The highest BCUT2D eigenvalue weighted by Crippen LogP contribution is 2.38. The molecule has 16 heavy (non-hydrogen) atoms. The molecule has 0 bridgehead atoms. The predicted molar refractivity (Wildman–Crippen MR) is 65.2 cm³/mol. The molecule has 1 aliphatic rings. The van der Waals surface area contributed by atoms with Crippen molar-refractivity contribution in [3.8, 4) is 0 Å². The summed E-state index contributed by atoms with van der Waals surface area (Å²) in [5, 5.41) is -0.249. The standard InChI is InChI=1S/C13H14ClNO/c1-10-5-3-7-13(2,16-10)12(14)11-6-4-8-15-9-11/h3-9,12H,1-2H3. The van der Waals surface area contributed by atoms with Crippen LogP contribution in [0.2, 0.25) is 0 Å². The molecule has 2 heterocycles. The summed E-state index contributed by atoms with van der Waals surface area (Å²) in [6.45, 7) is 3.90. The van der Waals surface area contributed by atoms with Crippen molar-refractivity contribution in [3.05, 3.63) is 54.1 Å². The lowest BCUT2D eigenvalue weighted by Gasteiger charge is -2.34. The molecular weight excluding hydrogens is 222 g/mol. The SMILES string of the molecule is CC1=CC=CC(C)(C(Cl)c2cccnc2)O1. The third-order valence-electron chi connectivity index (χ3n) is 2.62. The first-order valence-electron chi connectivity index (χ1n) is 5.21. The van der Waals surface area contributed by atoms with Crippen LogP contribution in [0.3, 0.4) is 0 Å². The molecule has 2 unspecified atom stereocenters. The van der Waals surface area contributed by atoms with Crippen LogP contribution in [-0.4, -0.2) is 10.6 Å². The Balaban J connectivity index is 2.26. The second-order valence-corrected chi connectivity index (χ2v) is 4.51. The predicted octanol–water partition coefficient (Wildman–Crippen LogP) is 3.61. The molecule has 0 saturated heterocycles. The number of nitrogens with zero attached hydrogens (tertiary/aromatic N) is 1. The van der Waals surface area contributed by atoms with Gasteiger partial charge in [-0.15, -0.1) is 11.6 Å². The molecule has 3 heteroatoms. The van der Waals surface area contributed by atoms with Crippen molar-refractivity contribution in [2.24, 2.45) is 0 Å². The summed E-state index contributed by atoms with van der Waals surface area (Å²) >= 11 is 6.45. The maximum absolute atomic E-state index is 6.45. The van der Waals surface area contributed by atoms with E-state index in [4.69, 9.17) is 16.3 Å². The van der Waals surface area contributed by atoms with Gasteiger partial charge in [-0.3, -0.25) is 4.98 Å². The minimum atomic E-state index is -0.510. The fourth-order valence-corrected chi connectivity index (χ4v) is 2.03. The Kier molecular flexibility index (Phi) is 3.01. The average molecular weight is 236 g/mol. The van der Waals surface area contributed by atoms with E-state index >= 15 is 0 Å². The van der Waals surface area contributed by atoms with Crippen LogP contribution < -0.4 is 0 Å². The smallest absolute Gasteiger partial charge is 0.144 e. The van der Waals surface area contributed by atoms with Crippen LogP contribution in [0.25, 0.3) is 0 Å². The highest BCUT2D eigenvalue weighted by atomic mass is 35.5. The molecule has 0 saturated carbocycles. The number of pyridine rings is 1. The second-order valence-electron chi connectivity index (χ2n) is 4.07. The summed E-state index contributed by atoms with van der Waals surface area (Å²) in [4.78, 5) is 4.07. The van der Waals surface area contributed by atoms with Crippen LogP contribution in [0.4, 0.5) is 0 Å². The molecule has 0 spiro atoms. The van der Waals surface area contributed by atoms with E-state index in [0.717, 1.165) is 11.3 Å². The molecule has 2 atom stereocenters. The average Bonchev–Trinajstić information content (AvgIpc) is 2.29. The van der Waals surface area contributed by atoms with Crippen molar-refractivity contribution in [3.63, 3.8) is 0 Å². The van der Waals surface area contributed by atoms with Crippen molar-refractivity contribution < 1.29 is 4.74 Å². The van der Waals surface area contributed by atoms with Gasteiger partial charge in [0.05, 0.1) is 5.76 Å². The first-order chi connectivity index (χ1) is 7.62. The van der Waals surface area contributed by atoms with Gasteiger partial charge in [-0.1, -0.05) is 12.1 Å². The normalized spacial score (nSPS) is 25.8. The first-order valence-corrected chi connectivity index (χ1v) is 5.64. The third-order valence-corrected chi connectivity index (χ3v) is 3.30. The number of halogens is 1. The van der Waals surface area contributed by atoms with Crippen LogP contribution in [-0.2, 0) is 4.74 Å². The van der Waals surface area contributed by atoms with Crippen LogP contribution >= 0.6 is 11.6 Å². The van der Waals surface area contributed by atoms with Crippen molar-refractivity contribution in [2.45, 2.75) is 24.8 Å². The van der Waals surface area contributed by atoms with Gasteiger partial charge < -0.3 is 4.74 Å². The van der Waals surface area contributed by atoms with Gasteiger partial charge in [0, 0.05) is 12.4 Å². The summed E-state index contributed by atoms with van der Waals surface area (Å²) in [7, 11) is 0. The monoisotopic (exact) mass is 235 g/mol. The van der Waals surface area contributed by atoms with Crippen LogP contribution in [0.15, 0.2) is 48.5 Å². The van der Waals surface area contributed by atoms with E-state index in [-0.39, 0.29) is 5.38 Å². The fourth-order valence-electron chi connectivity index (χ4n) is 1.78. The number of alkyl halides is 1. The summed E-state index contributed by atoms with van der Waals surface area (Å²) in [5.74, 6) is 0.875. The van der Waals surface area contributed by atoms with Gasteiger partial charge in [-0.05, 0) is 37.6 Å². The van der Waals surface area contributed by atoms with Crippen LogP contribution in [0.1, 0.15) is 24.8 Å². The Hall–Kier alpha value is -1.28.